The molecule has 0 bridgehead atoms. The van der Waals surface area contributed by atoms with Crippen molar-refractivity contribution < 1.29 is 0 Å². The van der Waals surface area contributed by atoms with Crippen LogP contribution in [0.5, 0.6) is 0 Å². The minimum Gasteiger partial charge on any atom is -0.0622 e. The van der Waals surface area contributed by atoms with E-state index in [0.29, 0.717) is 0 Å². The number of hydrogen-bond donors (Lipinski definition) is 0. The second kappa shape index (κ2) is 12.8. The third-order valence-electron chi connectivity index (χ3n) is 10.1. The topological polar surface area (TPSA) is 0 Å². The molecule has 0 amide bonds. The number of hydrogen-bond acceptors (Lipinski definition) is 0. The third-order valence-corrected chi connectivity index (χ3v) is 10.1. The molecular weight excluding hydrogens is 611 g/mol. The summed E-state index contributed by atoms with van der Waals surface area (Å²) in [7, 11) is 0. The number of rotatable bonds is 6. The van der Waals surface area contributed by atoms with Gasteiger partial charge in [0.25, 0.3) is 0 Å². The molecule has 0 N–H and O–H groups in total. The first-order valence-electron chi connectivity index (χ1n) is 17.4. The Balaban J connectivity index is 1.20. The van der Waals surface area contributed by atoms with Crippen LogP contribution in [-0.2, 0) is 0 Å². The van der Waals surface area contributed by atoms with Gasteiger partial charge >= 0.3 is 283 Å². The van der Waals surface area contributed by atoms with Gasteiger partial charge in [-0.25, -0.2) is 0 Å². The van der Waals surface area contributed by atoms with Crippen LogP contribution >= 0.6 is 0 Å². The Bertz CT molecular complexity index is 2800. The molecule has 0 aliphatic carbocycles. The summed E-state index contributed by atoms with van der Waals surface area (Å²) in [5.41, 5.74) is 11.2. The predicted octanol–water partition coefficient (Wildman–Crippen LogP) is 13.4. The Morgan fingerprint density at radius 2 is 1.24 bits per heavy atom. The number of benzene rings is 7. The standard InChI is InChI=1S/C50H33B/c1-33(35-12-4-3-5-13-35)28-34(2)36-20-23-38(24-21-36)47-32-50(42-25-22-37-14-6-7-15-39(37)29-42)51-49-27-26-41(31-48(47)49)46-30-40-16-8-9-17-43(40)44-18-10-11-19-45(44)46/h3-20,22-23,25-32H,1H2,2H3/b34-28+. The molecule has 51 heavy (non-hydrogen) atoms. The van der Waals surface area contributed by atoms with E-state index in [-0.39, 0.29) is 0 Å². The smallest absolute Gasteiger partial charge is 0.0622 e. The monoisotopic (exact) mass is 644 g/mol. The normalized spacial score (nSPS) is 11.6. The minimum absolute atomic E-state index is 0.980. The minimum atomic E-state index is 0.980. The fourth-order valence-electron chi connectivity index (χ4n) is 7.42. The molecular formula is C50H33B. The van der Waals surface area contributed by atoms with Gasteiger partial charge in [-0.05, 0) is 0 Å². The molecule has 0 aliphatic rings. The van der Waals surface area contributed by atoms with Crippen LogP contribution in [0.4, 0.5) is 0 Å². The van der Waals surface area contributed by atoms with Crippen molar-refractivity contribution in [1.82, 2.24) is 0 Å². The maximum atomic E-state index is 4.32. The van der Waals surface area contributed by atoms with Crippen molar-refractivity contribution in [2.75, 3.05) is 0 Å². The second-order valence-corrected chi connectivity index (χ2v) is 13.3. The molecule has 0 fully saturated rings. The maximum absolute atomic E-state index is 4.32. The van der Waals surface area contributed by atoms with Crippen LogP contribution in [0.15, 0.2) is 176 Å². The summed E-state index contributed by atoms with van der Waals surface area (Å²) in [5, 5.41) is 9.91. The quantitative estimate of drug-likeness (QED) is 0.125. The van der Waals surface area contributed by atoms with Crippen molar-refractivity contribution in [1.29, 1.82) is 0 Å². The Hall–Kier alpha value is -6.49. The van der Waals surface area contributed by atoms with Crippen LogP contribution in [0.25, 0.3) is 87.4 Å². The Morgan fingerprint density at radius 3 is 2.04 bits per heavy atom. The predicted molar refractivity (Wildman–Crippen MR) is 221 cm³/mol. The summed E-state index contributed by atoms with van der Waals surface area (Å²) in [5.74, 6) is 0. The second-order valence-electron chi connectivity index (χ2n) is 13.3. The average Bonchev–Trinajstić information content (AvgIpc) is 3.20. The summed E-state index contributed by atoms with van der Waals surface area (Å²) in [6, 6.07) is 66.0. The molecule has 0 radical (unpaired) electrons. The summed E-state index contributed by atoms with van der Waals surface area (Å²) in [6.07, 6.45) is 2.13. The van der Waals surface area contributed by atoms with Gasteiger partial charge in [-0.2, -0.15) is 0 Å². The van der Waals surface area contributed by atoms with Crippen molar-refractivity contribution in [3.8, 4) is 33.3 Å². The van der Waals surface area contributed by atoms with Gasteiger partial charge in [0.05, 0.1) is 0 Å². The molecule has 0 saturated heterocycles. The van der Waals surface area contributed by atoms with Crippen molar-refractivity contribution in [2.24, 2.45) is 0 Å². The van der Waals surface area contributed by atoms with Gasteiger partial charge in [-0.15, -0.1) is 0 Å². The summed E-state index contributed by atoms with van der Waals surface area (Å²) in [4.78, 5) is 0. The Labute approximate surface area is 299 Å². The van der Waals surface area contributed by atoms with Crippen LogP contribution < -0.4 is 0 Å². The van der Waals surface area contributed by atoms with Crippen LogP contribution in [0.2, 0.25) is 0 Å². The van der Waals surface area contributed by atoms with E-state index in [2.05, 4.69) is 184 Å². The zero-order valence-electron chi connectivity index (χ0n) is 28.5. The van der Waals surface area contributed by atoms with Gasteiger partial charge in [0.1, 0.15) is 0 Å². The molecule has 0 unspecified atom stereocenters. The Kier molecular flexibility index (Phi) is 7.65. The SMILES string of the molecule is C=C(/C=C(\C)c1c#cc(-c2cc(-c3ccc4ccccc4c3)bc3ccc(-c4cc5ccccc5c5ccccc45)cc23)cc1)c1ccccc1. The van der Waals surface area contributed by atoms with Gasteiger partial charge in [0.15, 0.2) is 0 Å². The fourth-order valence-corrected chi connectivity index (χ4v) is 7.42. The summed E-state index contributed by atoms with van der Waals surface area (Å²) >= 11 is 0. The Morgan fingerprint density at radius 1 is 0.529 bits per heavy atom. The summed E-state index contributed by atoms with van der Waals surface area (Å²) in [6.45, 7) is 8.75. The molecule has 0 saturated carbocycles. The van der Waals surface area contributed by atoms with Gasteiger partial charge < -0.3 is 0 Å². The van der Waals surface area contributed by atoms with E-state index in [1.165, 1.54) is 65.1 Å². The van der Waals surface area contributed by atoms with E-state index in [4.69, 9.17) is 0 Å². The average molecular weight is 645 g/mol. The van der Waals surface area contributed by atoms with Crippen LogP contribution in [-0.4, -0.2) is 6.91 Å². The molecule has 1 heterocycles. The third kappa shape index (κ3) is 5.72. The van der Waals surface area contributed by atoms with Gasteiger partial charge in [0, 0.05) is 0 Å². The number of fused-ring (bicyclic) bond motifs is 5. The van der Waals surface area contributed by atoms with Gasteiger partial charge in [-0.3, -0.25) is 0 Å². The van der Waals surface area contributed by atoms with Crippen LogP contribution in [0.1, 0.15) is 18.1 Å². The van der Waals surface area contributed by atoms with Gasteiger partial charge in [0.2, 0.25) is 0 Å². The zero-order valence-corrected chi connectivity index (χ0v) is 28.5. The van der Waals surface area contributed by atoms with E-state index in [1.54, 1.807) is 0 Å². The first-order valence-corrected chi connectivity index (χ1v) is 17.4. The molecule has 1 aromatic heterocycles. The van der Waals surface area contributed by atoms with E-state index >= 15 is 0 Å². The first-order chi connectivity index (χ1) is 25.1. The zero-order chi connectivity index (χ0) is 34.3. The van der Waals surface area contributed by atoms with Crippen LogP contribution in [0.3, 0.4) is 0 Å². The molecule has 0 aliphatic heterocycles. The van der Waals surface area contributed by atoms with Crippen molar-refractivity contribution in [3.63, 3.8) is 0 Å². The van der Waals surface area contributed by atoms with E-state index < -0.39 is 0 Å². The van der Waals surface area contributed by atoms with E-state index in [9.17, 15) is 0 Å². The van der Waals surface area contributed by atoms with Crippen molar-refractivity contribution >= 4 is 61.0 Å². The molecule has 0 nitrogen and oxygen atoms in total. The number of allylic oxidation sites excluding steroid dienone is 3. The van der Waals surface area contributed by atoms with E-state index in [1.807, 2.05) is 18.2 Å². The molecule has 236 valence electrons. The van der Waals surface area contributed by atoms with Gasteiger partial charge in [-0.1, -0.05) is 18.2 Å². The molecule has 9 rings (SSSR count). The molecule has 0 atom stereocenters. The fraction of sp³-hybridized carbons (Fsp3) is 0.0200. The first kappa shape index (κ1) is 30.6. The van der Waals surface area contributed by atoms with Crippen molar-refractivity contribution in [3.05, 3.63) is 200 Å². The van der Waals surface area contributed by atoms with E-state index in [0.717, 1.165) is 33.4 Å². The van der Waals surface area contributed by atoms with Crippen LogP contribution in [0, 0.1) is 12.1 Å². The molecule has 0 spiro atoms. The molecule has 8 aromatic carbocycles. The molecule has 1 heteroatoms. The molecule has 9 aromatic rings. The summed E-state index contributed by atoms with van der Waals surface area (Å²) < 4.78 is 0. The van der Waals surface area contributed by atoms with Crippen molar-refractivity contribution in [2.45, 2.75) is 6.92 Å².